The molecule has 0 saturated heterocycles. The van der Waals surface area contributed by atoms with Gasteiger partial charge in [-0.25, -0.2) is 0 Å². The van der Waals surface area contributed by atoms with Crippen molar-refractivity contribution in [2.24, 2.45) is 5.92 Å². The zero-order chi connectivity index (χ0) is 16.0. The minimum absolute atomic E-state index is 0.0479. The van der Waals surface area contributed by atoms with E-state index >= 15 is 0 Å². The molecule has 0 unspecified atom stereocenters. The summed E-state index contributed by atoms with van der Waals surface area (Å²) in [6, 6.07) is 5.51. The van der Waals surface area contributed by atoms with Crippen molar-refractivity contribution in [3.63, 3.8) is 0 Å². The maximum atomic E-state index is 12.8. The highest BCUT2D eigenvalue weighted by molar-refractivity contribution is 5.95. The van der Waals surface area contributed by atoms with Gasteiger partial charge in [0.05, 0.1) is 12.8 Å². The van der Waals surface area contributed by atoms with Gasteiger partial charge in [-0.1, -0.05) is 27.7 Å². The molecule has 2 N–H and O–H groups in total. The molecule has 118 valence electrons. The predicted octanol–water partition coefficient (Wildman–Crippen LogP) is 3.56. The van der Waals surface area contributed by atoms with E-state index in [1.165, 1.54) is 0 Å². The number of carbonyl (C=O) groups excluding carboxylic acids is 1. The molecule has 0 aromatic heterocycles. The number of anilines is 1. The maximum absolute atomic E-state index is 12.8. The molecule has 0 atom stereocenters. The summed E-state index contributed by atoms with van der Waals surface area (Å²) < 4.78 is 5.14. The Balaban J connectivity index is 3.06. The molecule has 4 nitrogen and oxygen atoms in total. The van der Waals surface area contributed by atoms with Crippen molar-refractivity contribution in [2.75, 3.05) is 19.4 Å². The Morgan fingerprint density at radius 1 is 1.29 bits per heavy atom. The minimum Gasteiger partial charge on any atom is -0.495 e. The van der Waals surface area contributed by atoms with Crippen molar-refractivity contribution in [3.8, 4) is 5.75 Å². The molecule has 21 heavy (non-hydrogen) atoms. The summed E-state index contributed by atoms with van der Waals surface area (Å²) in [6.45, 7) is 9.27. The van der Waals surface area contributed by atoms with Gasteiger partial charge in [-0.05, 0) is 37.0 Å². The van der Waals surface area contributed by atoms with Crippen LogP contribution in [0.15, 0.2) is 18.2 Å². The van der Waals surface area contributed by atoms with Gasteiger partial charge < -0.3 is 15.4 Å². The van der Waals surface area contributed by atoms with E-state index in [2.05, 4.69) is 27.7 Å². The van der Waals surface area contributed by atoms with Crippen LogP contribution in [0.5, 0.6) is 5.75 Å². The first-order valence-electron chi connectivity index (χ1n) is 7.68. The third kappa shape index (κ3) is 4.38. The molecular formula is C17H28N2O2. The standard InChI is InChI=1S/C17H28N2O2/c1-6-14(7-2)19(11-12(3)4)17(20)13-8-9-16(21-5)15(18)10-13/h8-10,12,14H,6-7,11,18H2,1-5H3. The first kappa shape index (κ1) is 17.3. The summed E-state index contributed by atoms with van der Waals surface area (Å²) in [5.74, 6) is 1.08. The van der Waals surface area contributed by atoms with Crippen LogP contribution in [0.25, 0.3) is 0 Å². The lowest BCUT2D eigenvalue weighted by molar-refractivity contribution is 0.0640. The van der Waals surface area contributed by atoms with Gasteiger partial charge in [0.2, 0.25) is 0 Å². The maximum Gasteiger partial charge on any atom is 0.254 e. The third-order valence-electron chi connectivity index (χ3n) is 3.68. The van der Waals surface area contributed by atoms with E-state index in [9.17, 15) is 4.79 Å². The van der Waals surface area contributed by atoms with E-state index in [1.54, 1.807) is 25.3 Å². The second-order valence-corrected chi connectivity index (χ2v) is 5.78. The number of carbonyl (C=O) groups is 1. The van der Waals surface area contributed by atoms with E-state index in [4.69, 9.17) is 10.5 Å². The van der Waals surface area contributed by atoms with Crippen LogP contribution < -0.4 is 10.5 Å². The average Bonchev–Trinajstić information content (AvgIpc) is 2.46. The van der Waals surface area contributed by atoms with Crippen LogP contribution in [0, 0.1) is 5.92 Å². The number of hydrogen-bond acceptors (Lipinski definition) is 3. The molecule has 4 heteroatoms. The Morgan fingerprint density at radius 3 is 2.33 bits per heavy atom. The van der Waals surface area contributed by atoms with Gasteiger partial charge in [0.15, 0.2) is 0 Å². The van der Waals surface area contributed by atoms with Gasteiger partial charge in [-0.2, -0.15) is 0 Å². The number of nitrogens with two attached hydrogens (primary N) is 1. The van der Waals surface area contributed by atoms with Crippen molar-refractivity contribution in [2.45, 2.75) is 46.6 Å². The molecule has 1 amide bonds. The van der Waals surface area contributed by atoms with Crippen LogP contribution in [0.1, 0.15) is 50.9 Å². The van der Waals surface area contributed by atoms with Gasteiger partial charge >= 0.3 is 0 Å². The quantitative estimate of drug-likeness (QED) is 0.782. The lowest BCUT2D eigenvalue weighted by atomic mass is 10.0. The van der Waals surface area contributed by atoms with Crippen LogP contribution >= 0.6 is 0 Å². The highest BCUT2D eigenvalue weighted by Gasteiger charge is 2.23. The molecule has 0 saturated carbocycles. The molecule has 0 aliphatic rings. The molecule has 0 spiro atoms. The largest absolute Gasteiger partial charge is 0.495 e. The minimum atomic E-state index is 0.0479. The zero-order valence-electron chi connectivity index (χ0n) is 13.8. The summed E-state index contributed by atoms with van der Waals surface area (Å²) >= 11 is 0. The summed E-state index contributed by atoms with van der Waals surface area (Å²) in [4.78, 5) is 14.8. The summed E-state index contributed by atoms with van der Waals surface area (Å²) in [5.41, 5.74) is 7.04. The highest BCUT2D eigenvalue weighted by atomic mass is 16.5. The van der Waals surface area contributed by atoms with Crippen molar-refractivity contribution in [1.82, 2.24) is 4.90 Å². The van der Waals surface area contributed by atoms with Crippen molar-refractivity contribution >= 4 is 11.6 Å². The number of hydrogen-bond donors (Lipinski definition) is 1. The average molecular weight is 292 g/mol. The van der Waals surface area contributed by atoms with Crippen molar-refractivity contribution in [3.05, 3.63) is 23.8 Å². The SMILES string of the molecule is CCC(CC)N(CC(C)C)C(=O)c1ccc(OC)c(N)c1. The van der Waals surface area contributed by atoms with E-state index in [-0.39, 0.29) is 11.9 Å². The Bertz CT molecular complexity index is 468. The fourth-order valence-electron chi connectivity index (χ4n) is 2.55. The molecule has 1 rings (SSSR count). The Kier molecular flexibility index (Phi) is 6.53. The van der Waals surface area contributed by atoms with Crippen LogP contribution in [-0.2, 0) is 0 Å². The topological polar surface area (TPSA) is 55.6 Å². The van der Waals surface area contributed by atoms with E-state index in [0.717, 1.165) is 19.4 Å². The van der Waals surface area contributed by atoms with Gasteiger partial charge in [-0.15, -0.1) is 0 Å². The molecule has 1 aromatic rings. The zero-order valence-corrected chi connectivity index (χ0v) is 13.8. The number of ether oxygens (including phenoxy) is 1. The Morgan fingerprint density at radius 2 is 1.90 bits per heavy atom. The van der Waals surface area contributed by atoms with Crippen LogP contribution in [0.4, 0.5) is 5.69 Å². The normalized spacial score (nSPS) is 11.0. The fraction of sp³-hybridized carbons (Fsp3) is 0.588. The van der Waals surface area contributed by atoms with Crippen LogP contribution in [0.2, 0.25) is 0 Å². The van der Waals surface area contributed by atoms with E-state index in [0.29, 0.717) is 22.9 Å². The molecule has 0 heterocycles. The second kappa shape index (κ2) is 7.91. The molecule has 0 aliphatic heterocycles. The third-order valence-corrected chi connectivity index (χ3v) is 3.68. The summed E-state index contributed by atoms with van der Waals surface area (Å²) in [5, 5.41) is 0. The predicted molar refractivity (Wildman–Crippen MR) is 87.7 cm³/mol. The molecule has 1 aromatic carbocycles. The monoisotopic (exact) mass is 292 g/mol. The Hall–Kier alpha value is -1.71. The lowest BCUT2D eigenvalue weighted by Crippen LogP contribution is -2.42. The fourth-order valence-corrected chi connectivity index (χ4v) is 2.55. The van der Waals surface area contributed by atoms with Gasteiger partial charge in [-0.3, -0.25) is 4.79 Å². The van der Waals surface area contributed by atoms with Crippen molar-refractivity contribution in [1.29, 1.82) is 0 Å². The van der Waals surface area contributed by atoms with Crippen LogP contribution in [0.3, 0.4) is 0 Å². The molecule has 0 radical (unpaired) electrons. The Labute approximate surface area is 128 Å². The smallest absolute Gasteiger partial charge is 0.254 e. The summed E-state index contributed by atoms with van der Waals surface area (Å²) in [7, 11) is 1.57. The summed E-state index contributed by atoms with van der Waals surface area (Å²) in [6.07, 6.45) is 1.92. The van der Waals surface area contributed by atoms with E-state index < -0.39 is 0 Å². The first-order valence-corrected chi connectivity index (χ1v) is 7.68. The molecular weight excluding hydrogens is 264 g/mol. The van der Waals surface area contributed by atoms with Crippen molar-refractivity contribution < 1.29 is 9.53 Å². The van der Waals surface area contributed by atoms with Gasteiger partial charge in [0.25, 0.3) is 5.91 Å². The number of rotatable bonds is 7. The second-order valence-electron chi connectivity index (χ2n) is 5.78. The number of nitrogen functional groups attached to an aromatic ring is 1. The van der Waals surface area contributed by atoms with E-state index in [1.807, 2.05) is 4.90 Å². The molecule has 0 fully saturated rings. The van der Waals surface area contributed by atoms with Crippen LogP contribution in [-0.4, -0.2) is 30.5 Å². The number of amides is 1. The van der Waals surface area contributed by atoms with Gasteiger partial charge in [0, 0.05) is 18.2 Å². The molecule has 0 aliphatic carbocycles. The lowest BCUT2D eigenvalue weighted by Gasteiger charge is -2.32. The number of methoxy groups -OCH3 is 1. The molecule has 0 bridgehead atoms. The van der Waals surface area contributed by atoms with Gasteiger partial charge in [0.1, 0.15) is 5.75 Å². The number of benzene rings is 1. The number of nitrogens with zero attached hydrogens (tertiary/aromatic N) is 1. The highest BCUT2D eigenvalue weighted by Crippen LogP contribution is 2.24. The first-order chi connectivity index (χ1) is 9.94.